The van der Waals surface area contributed by atoms with Crippen LogP contribution in [0.25, 0.3) is 17.2 Å². The molecule has 4 nitrogen and oxygen atoms in total. The molecule has 0 aliphatic heterocycles. The number of ether oxygens (including phenoxy) is 1. The van der Waals surface area contributed by atoms with Gasteiger partial charge < -0.3 is 10.1 Å². The number of anilines is 1. The second-order valence-electron chi connectivity index (χ2n) is 5.96. The summed E-state index contributed by atoms with van der Waals surface area (Å²) in [6, 6.07) is 13.3. The summed E-state index contributed by atoms with van der Waals surface area (Å²) < 4.78 is 19.1. The first-order valence-corrected chi connectivity index (χ1v) is 10.4. The third kappa shape index (κ3) is 5.40. The lowest BCUT2D eigenvalue weighted by molar-refractivity contribution is -0.111. The second-order valence-corrected chi connectivity index (χ2v) is 7.75. The number of hydrogen-bond acceptors (Lipinski definition) is 4. The molecule has 0 spiro atoms. The summed E-state index contributed by atoms with van der Waals surface area (Å²) in [6.07, 6.45) is 2.91. The van der Waals surface area contributed by atoms with Gasteiger partial charge in [-0.2, -0.15) is 0 Å². The Balaban J connectivity index is 1.86. The van der Waals surface area contributed by atoms with Gasteiger partial charge in [0.2, 0.25) is 5.91 Å². The van der Waals surface area contributed by atoms with Crippen LogP contribution in [0.5, 0.6) is 0 Å². The Bertz CT molecular complexity index is 1040. The zero-order valence-corrected chi connectivity index (χ0v) is 17.8. The van der Waals surface area contributed by atoms with E-state index in [0.717, 1.165) is 10.0 Å². The number of thiophene rings is 1. The van der Waals surface area contributed by atoms with Crippen LogP contribution in [0.4, 0.5) is 9.39 Å². The van der Waals surface area contributed by atoms with Gasteiger partial charge in [0, 0.05) is 21.5 Å². The average Bonchev–Trinajstić information content (AvgIpc) is 3.12. The number of carbonyl (C=O) groups is 2. The largest absolute Gasteiger partial charge is 0.462 e. The highest BCUT2D eigenvalue weighted by molar-refractivity contribution is 9.10. The molecule has 148 valence electrons. The lowest BCUT2D eigenvalue weighted by atomic mass is 10.0. The van der Waals surface area contributed by atoms with Gasteiger partial charge in [-0.25, -0.2) is 9.18 Å². The first-order chi connectivity index (χ1) is 14.0. The molecule has 0 fully saturated rings. The highest BCUT2D eigenvalue weighted by atomic mass is 79.9. The van der Waals surface area contributed by atoms with Crippen molar-refractivity contribution in [2.45, 2.75) is 6.92 Å². The number of halogens is 2. The van der Waals surface area contributed by atoms with Crippen LogP contribution in [0.15, 0.2) is 64.5 Å². The van der Waals surface area contributed by atoms with Gasteiger partial charge >= 0.3 is 5.97 Å². The Kier molecular flexibility index (Phi) is 6.95. The first-order valence-electron chi connectivity index (χ1n) is 8.77. The smallest absolute Gasteiger partial charge is 0.341 e. The van der Waals surface area contributed by atoms with Crippen LogP contribution >= 0.6 is 27.3 Å². The van der Waals surface area contributed by atoms with Crippen molar-refractivity contribution in [3.05, 3.63) is 81.4 Å². The van der Waals surface area contributed by atoms with Crippen LogP contribution < -0.4 is 5.32 Å². The molecule has 0 saturated carbocycles. The molecule has 1 amide bonds. The van der Waals surface area contributed by atoms with Gasteiger partial charge in [0.15, 0.2) is 0 Å². The van der Waals surface area contributed by atoms with Crippen molar-refractivity contribution < 1.29 is 18.7 Å². The van der Waals surface area contributed by atoms with Crippen molar-refractivity contribution in [3.8, 4) is 11.1 Å². The van der Waals surface area contributed by atoms with Gasteiger partial charge in [-0.15, -0.1) is 11.3 Å². The molecule has 0 saturated heterocycles. The highest BCUT2D eigenvalue weighted by Gasteiger charge is 2.22. The molecule has 2 aromatic carbocycles. The average molecular weight is 474 g/mol. The van der Waals surface area contributed by atoms with Gasteiger partial charge in [0.25, 0.3) is 0 Å². The number of benzene rings is 2. The van der Waals surface area contributed by atoms with Crippen LogP contribution in [-0.4, -0.2) is 18.5 Å². The summed E-state index contributed by atoms with van der Waals surface area (Å²) >= 11 is 4.65. The van der Waals surface area contributed by atoms with Crippen molar-refractivity contribution in [3.63, 3.8) is 0 Å². The molecule has 0 atom stereocenters. The molecule has 1 N–H and O–H groups in total. The standard InChI is InChI=1S/C22H17BrFNO3S/c1-2-28-22(27)20-18(15-6-8-16(23)9-7-15)13-29-21(20)25-19(26)12-5-14-3-10-17(24)11-4-14/h3-13H,2H2,1H3,(H,25,26). The number of hydrogen-bond donors (Lipinski definition) is 1. The lowest BCUT2D eigenvalue weighted by Gasteiger charge is -2.08. The Morgan fingerprint density at radius 3 is 2.48 bits per heavy atom. The van der Waals surface area contributed by atoms with Crippen LogP contribution in [0, 0.1) is 5.82 Å². The second kappa shape index (κ2) is 9.62. The minimum Gasteiger partial charge on any atom is -0.462 e. The van der Waals surface area contributed by atoms with E-state index in [0.29, 0.717) is 21.7 Å². The molecule has 3 aromatic rings. The SMILES string of the molecule is CCOC(=O)c1c(-c2ccc(Br)cc2)csc1NC(=O)C=Cc1ccc(F)cc1. The van der Waals surface area contributed by atoms with Gasteiger partial charge in [-0.3, -0.25) is 4.79 Å². The molecule has 3 rings (SSSR count). The van der Waals surface area contributed by atoms with E-state index in [-0.39, 0.29) is 12.4 Å². The predicted octanol–water partition coefficient (Wildman–Crippen LogP) is 6.15. The Morgan fingerprint density at radius 2 is 1.83 bits per heavy atom. The topological polar surface area (TPSA) is 55.4 Å². The van der Waals surface area contributed by atoms with Crippen molar-refractivity contribution in [2.75, 3.05) is 11.9 Å². The minimum atomic E-state index is -0.496. The summed E-state index contributed by atoms with van der Waals surface area (Å²) in [5.41, 5.74) is 2.55. The fraction of sp³-hybridized carbons (Fsp3) is 0.0909. The third-order valence-corrected chi connectivity index (χ3v) is 5.38. The van der Waals surface area contributed by atoms with Crippen LogP contribution in [-0.2, 0) is 9.53 Å². The molecule has 0 aliphatic rings. The molecule has 1 aromatic heterocycles. The summed E-state index contributed by atoms with van der Waals surface area (Å²) in [5.74, 6) is -1.24. The third-order valence-electron chi connectivity index (χ3n) is 3.96. The van der Waals surface area contributed by atoms with E-state index >= 15 is 0 Å². The molecule has 29 heavy (non-hydrogen) atoms. The summed E-state index contributed by atoms with van der Waals surface area (Å²) in [5, 5.41) is 4.97. The number of carbonyl (C=O) groups excluding carboxylic acids is 2. The number of nitrogens with one attached hydrogen (secondary N) is 1. The number of esters is 1. The van der Waals surface area contributed by atoms with E-state index in [1.165, 1.54) is 29.5 Å². The first kappa shape index (κ1) is 21.0. The summed E-state index contributed by atoms with van der Waals surface area (Å²) in [7, 11) is 0. The van der Waals surface area contributed by atoms with E-state index in [2.05, 4.69) is 21.2 Å². The maximum atomic E-state index is 13.0. The van der Waals surface area contributed by atoms with Crippen LogP contribution in [0.3, 0.4) is 0 Å². The monoisotopic (exact) mass is 473 g/mol. The van der Waals surface area contributed by atoms with Gasteiger partial charge in [-0.05, 0) is 48.4 Å². The Labute approximate surface area is 180 Å². The number of rotatable bonds is 6. The van der Waals surface area contributed by atoms with E-state index in [1.54, 1.807) is 25.1 Å². The predicted molar refractivity (Wildman–Crippen MR) is 117 cm³/mol. The van der Waals surface area contributed by atoms with Gasteiger partial charge in [0.05, 0.1) is 6.61 Å². The molecule has 0 unspecified atom stereocenters. The fourth-order valence-electron chi connectivity index (χ4n) is 2.60. The van der Waals surface area contributed by atoms with E-state index in [9.17, 15) is 14.0 Å². The molecular formula is C22H17BrFNO3S. The highest BCUT2D eigenvalue weighted by Crippen LogP contribution is 2.36. The summed E-state index contributed by atoms with van der Waals surface area (Å²) in [6.45, 7) is 1.96. The molecule has 1 heterocycles. The Hall–Kier alpha value is -2.77. The summed E-state index contributed by atoms with van der Waals surface area (Å²) in [4.78, 5) is 24.9. The normalized spacial score (nSPS) is 10.9. The van der Waals surface area contributed by atoms with Gasteiger partial charge in [-0.1, -0.05) is 40.2 Å². The molecule has 0 aliphatic carbocycles. The quantitative estimate of drug-likeness (QED) is 0.345. The van der Waals surface area contributed by atoms with Crippen molar-refractivity contribution >= 4 is 50.2 Å². The molecule has 7 heteroatoms. The van der Waals surface area contributed by atoms with E-state index in [1.807, 2.05) is 29.6 Å². The van der Waals surface area contributed by atoms with Crippen LogP contribution in [0.1, 0.15) is 22.8 Å². The van der Waals surface area contributed by atoms with E-state index in [4.69, 9.17) is 4.74 Å². The van der Waals surface area contributed by atoms with Crippen molar-refractivity contribution in [1.82, 2.24) is 0 Å². The zero-order valence-electron chi connectivity index (χ0n) is 15.4. The Morgan fingerprint density at radius 1 is 1.14 bits per heavy atom. The molecular weight excluding hydrogens is 457 g/mol. The van der Waals surface area contributed by atoms with Crippen molar-refractivity contribution in [2.24, 2.45) is 0 Å². The zero-order chi connectivity index (χ0) is 20.8. The molecule has 0 bridgehead atoms. The molecule has 0 radical (unpaired) electrons. The van der Waals surface area contributed by atoms with E-state index < -0.39 is 11.9 Å². The minimum absolute atomic E-state index is 0.228. The fourth-order valence-corrected chi connectivity index (χ4v) is 3.82. The maximum Gasteiger partial charge on any atom is 0.341 e. The van der Waals surface area contributed by atoms with Crippen molar-refractivity contribution in [1.29, 1.82) is 0 Å². The maximum absolute atomic E-state index is 13.0. The lowest BCUT2D eigenvalue weighted by Crippen LogP contribution is -2.12. The number of amides is 1. The van der Waals surface area contributed by atoms with Gasteiger partial charge in [0.1, 0.15) is 16.4 Å². The van der Waals surface area contributed by atoms with Crippen LogP contribution in [0.2, 0.25) is 0 Å².